The molecule has 0 bridgehead atoms. The minimum atomic E-state index is -0.360. The molecule has 0 saturated heterocycles. The number of anilines is 1. The van der Waals surface area contributed by atoms with E-state index >= 15 is 0 Å². The van der Waals surface area contributed by atoms with Crippen LogP contribution in [0.15, 0.2) is 18.2 Å². The Hall–Kier alpha value is -0.730. The Morgan fingerprint density at radius 2 is 2.00 bits per heavy atom. The van der Waals surface area contributed by atoms with Crippen molar-refractivity contribution in [2.75, 3.05) is 11.9 Å². The van der Waals surface area contributed by atoms with Crippen LogP contribution < -0.4 is 4.90 Å². The standard InChI is InChI=1S/C11H12ClNO.C2H6/c1-13-9-7(3-2-4-8(9)12)10(14)11(13)5-6-11;1-2/h2-4,10,14H,5-6H2,1H3;1-2H3. The maximum Gasteiger partial charge on any atom is 0.104 e. The first kappa shape index (κ1) is 11.7. The zero-order chi connectivity index (χ0) is 11.9. The molecule has 1 fully saturated rings. The van der Waals surface area contributed by atoms with E-state index in [-0.39, 0.29) is 11.6 Å². The van der Waals surface area contributed by atoms with Gasteiger partial charge in [-0.05, 0) is 18.9 Å². The molecule has 16 heavy (non-hydrogen) atoms. The van der Waals surface area contributed by atoms with E-state index in [1.807, 2.05) is 39.1 Å². The van der Waals surface area contributed by atoms with E-state index in [0.29, 0.717) is 0 Å². The number of rotatable bonds is 0. The number of para-hydroxylation sites is 1. The van der Waals surface area contributed by atoms with Crippen LogP contribution in [-0.2, 0) is 0 Å². The summed E-state index contributed by atoms with van der Waals surface area (Å²) in [6.07, 6.45) is 1.77. The number of aliphatic hydroxyl groups is 1. The fraction of sp³-hybridized carbons (Fsp3) is 0.538. The number of hydrogen-bond acceptors (Lipinski definition) is 2. The number of benzene rings is 1. The predicted molar refractivity (Wildman–Crippen MR) is 68.1 cm³/mol. The fourth-order valence-electron chi connectivity index (χ4n) is 2.54. The van der Waals surface area contributed by atoms with Crippen molar-refractivity contribution in [3.8, 4) is 0 Å². The first-order chi connectivity index (χ1) is 7.67. The number of hydrogen-bond donors (Lipinski definition) is 1. The predicted octanol–water partition coefficient (Wildman–Crippen LogP) is 3.38. The smallest absolute Gasteiger partial charge is 0.104 e. The second-order valence-electron chi connectivity index (χ2n) is 4.24. The molecular formula is C13H18ClNO. The van der Waals surface area contributed by atoms with Gasteiger partial charge in [-0.2, -0.15) is 0 Å². The van der Waals surface area contributed by atoms with Crippen molar-refractivity contribution >= 4 is 17.3 Å². The highest BCUT2D eigenvalue weighted by Gasteiger charge is 2.58. The highest BCUT2D eigenvalue weighted by Crippen LogP contribution is 2.59. The summed E-state index contributed by atoms with van der Waals surface area (Å²) in [7, 11) is 2.02. The largest absolute Gasteiger partial charge is 0.386 e. The summed E-state index contributed by atoms with van der Waals surface area (Å²) in [5, 5.41) is 10.9. The first-order valence-corrected chi connectivity index (χ1v) is 6.25. The van der Waals surface area contributed by atoms with Crippen LogP contribution in [0.25, 0.3) is 0 Å². The quantitative estimate of drug-likeness (QED) is 0.750. The average Bonchev–Trinajstić information content (AvgIpc) is 3.07. The van der Waals surface area contributed by atoms with Crippen molar-refractivity contribution in [3.63, 3.8) is 0 Å². The molecule has 0 aromatic heterocycles. The lowest BCUT2D eigenvalue weighted by Gasteiger charge is -2.24. The van der Waals surface area contributed by atoms with Crippen molar-refractivity contribution in [2.24, 2.45) is 0 Å². The van der Waals surface area contributed by atoms with Gasteiger partial charge in [0.2, 0.25) is 0 Å². The van der Waals surface area contributed by atoms with Gasteiger partial charge in [-0.15, -0.1) is 0 Å². The summed E-state index contributed by atoms with van der Waals surface area (Å²) in [6.45, 7) is 4.00. The zero-order valence-electron chi connectivity index (χ0n) is 10.00. The Morgan fingerprint density at radius 1 is 1.38 bits per heavy atom. The minimum absolute atomic E-state index is 0.0344. The van der Waals surface area contributed by atoms with Crippen LogP contribution in [0.3, 0.4) is 0 Å². The summed E-state index contributed by atoms with van der Waals surface area (Å²) in [4.78, 5) is 2.15. The molecule has 1 aliphatic carbocycles. The second kappa shape index (κ2) is 3.94. The maximum absolute atomic E-state index is 10.2. The van der Waals surface area contributed by atoms with E-state index in [1.54, 1.807) is 0 Å². The molecule has 1 aliphatic heterocycles. The number of nitrogens with zero attached hydrogens (tertiary/aromatic N) is 1. The van der Waals surface area contributed by atoms with E-state index in [0.717, 1.165) is 29.1 Å². The molecule has 2 nitrogen and oxygen atoms in total. The van der Waals surface area contributed by atoms with Gasteiger partial charge in [-0.1, -0.05) is 37.6 Å². The second-order valence-corrected chi connectivity index (χ2v) is 4.65. The third-order valence-electron chi connectivity index (χ3n) is 3.59. The summed E-state index contributed by atoms with van der Waals surface area (Å²) in [5.74, 6) is 0. The minimum Gasteiger partial charge on any atom is -0.386 e. The Bertz CT molecular complexity index is 401. The van der Waals surface area contributed by atoms with Crippen LogP contribution in [-0.4, -0.2) is 17.7 Å². The molecule has 3 heteroatoms. The van der Waals surface area contributed by atoms with E-state index in [4.69, 9.17) is 11.6 Å². The van der Waals surface area contributed by atoms with Crippen LogP contribution in [0.2, 0.25) is 5.02 Å². The number of aliphatic hydroxyl groups excluding tert-OH is 1. The summed E-state index contributed by atoms with van der Waals surface area (Å²) >= 11 is 6.13. The van der Waals surface area contributed by atoms with Gasteiger partial charge >= 0.3 is 0 Å². The zero-order valence-corrected chi connectivity index (χ0v) is 10.8. The van der Waals surface area contributed by atoms with Crippen molar-refractivity contribution in [1.29, 1.82) is 0 Å². The number of fused-ring (bicyclic) bond motifs is 1. The van der Waals surface area contributed by atoms with Crippen LogP contribution >= 0.6 is 11.6 Å². The molecule has 0 amide bonds. The van der Waals surface area contributed by atoms with Crippen LogP contribution in [0, 0.1) is 0 Å². The Kier molecular flexibility index (Phi) is 2.89. The molecule has 1 aromatic rings. The van der Waals surface area contributed by atoms with Gasteiger partial charge in [0.25, 0.3) is 0 Å². The molecule has 2 aliphatic rings. The van der Waals surface area contributed by atoms with Crippen molar-refractivity contribution in [1.82, 2.24) is 0 Å². The molecule has 1 aromatic carbocycles. The summed E-state index contributed by atoms with van der Waals surface area (Å²) < 4.78 is 0. The van der Waals surface area contributed by atoms with E-state index < -0.39 is 0 Å². The lowest BCUT2D eigenvalue weighted by Crippen LogP contribution is -2.32. The molecule has 1 atom stereocenters. The number of likely N-dealkylation sites (N-methyl/N-ethyl adjacent to an activating group) is 1. The van der Waals surface area contributed by atoms with E-state index in [2.05, 4.69) is 4.90 Å². The third-order valence-corrected chi connectivity index (χ3v) is 3.89. The first-order valence-electron chi connectivity index (χ1n) is 5.87. The molecule has 1 unspecified atom stereocenters. The van der Waals surface area contributed by atoms with Gasteiger partial charge in [0.1, 0.15) is 6.10 Å². The molecule has 3 rings (SSSR count). The Labute approximate surface area is 102 Å². The van der Waals surface area contributed by atoms with Crippen molar-refractivity contribution in [3.05, 3.63) is 28.8 Å². The number of halogens is 1. The van der Waals surface area contributed by atoms with Crippen LogP contribution in [0.5, 0.6) is 0 Å². The van der Waals surface area contributed by atoms with Gasteiger partial charge in [-0.3, -0.25) is 0 Å². The topological polar surface area (TPSA) is 23.5 Å². The molecule has 1 spiro atoms. The van der Waals surface area contributed by atoms with Gasteiger partial charge in [0.15, 0.2) is 0 Å². The summed E-state index contributed by atoms with van der Waals surface area (Å²) in [6, 6.07) is 5.75. The monoisotopic (exact) mass is 239 g/mol. The van der Waals surface area contributed by atoms with E-state index in [9.17, 15) is 5.11 Å². The van der Waals surface area contributed by atoms with Gasteiger partial charge < -0.3 is 10.0 Å². The van der Waals surface area contributed by atoms with Gasteiger partial charge in [0, 0.05) is 12.6 Å². The lowest BCUT2D eigenvalue weighted by atomic mass is 10.1. The highest BCUT2D eigenvalue weighted by molar-refractivity contribution is 6.33. The lowest BCUT2D eigenvalue weighted by molar-refractivity contribution is 0.146. The Balaban J connectivity index is 0.000000457. The maximum atomic E-state index is 10.2. The average molecular weight is 240 g/mol. The normalized spacial score (nSPS) is 23.8. The fourth-order valence-corrected chi connectivity index (χ4v) is 2.85. The van der Waals surface area contributed by atoms with Crippen LogP contribution in [0.1, 0.15) is 38.4 Å². The molecule has 1 saturated carbocycles. The summed E-state index contributed by atoms with van der Waals surface area (Å²) in [5.41, 5.74) is 1.96. The highest BCUT2D eigenvalue weighted by atomic mass is 35.5. The molecule has 1 N–H and O–H groups in total. The molecular weight excluding hydrogens is 222 g/mol. The SMILES string of the molecule is CC.CN1c2c(Cl)cccc2C(O)C12CC2. The molecule has 0 radical (unpaired) electrons. The Morgan fingerprint density at radius 3 is 2.50 bits per heavy atom. The van der Waals surface area contributed by atoms with Gasteiger partial charge in [0.05, 0.1) is 16.2 Å². The van der Waals surface area contributed by atoms with E-state index in [1.165, 1.54) is 0 Å². The van der Waals surface area contributed by atoms with Crippen molar-refractivity contribution in [2.45, 2.75) is 38.3 Å². The van der Waals surface area contributed by atoms with Gasteiger partial charge in [-0.25, -0.2) is 0 Å². The molecule has 1 heterocycles. The van der Waals surface area contributed by atoms with Crippen LogP contribution in [0.4, 0.5) is 5.69 Å². The third kappa shape index (κ3) is 1.36. The molecule has 88 valence electrons. The van der Waals surface area contributed by atoms with Crippen molar-refractivity contribution < 1.29 is 5.11 Å².